The molecule has 0 saturated heterocycles. The van der Waals surface area contributed by atoms with E-state index < -0.39 is 11.0 Å². The number of ether oxygens (including phenoxy) is 1. The second-order valence-electron chi connectivity index (χ2n) is 12.7. The summed E-state index contributed by atoms with van der Waals surface area (Å²) in [5.74, 6) is 0.495. The van der Waals surface area contributed by atoms with Crippen LogP contribution in [-0.4, -0.2) is 41.4 Å². The van der Waals surface area contributed by atoms with Gasteiger partial charge < -0.3 is 15.2 Å². The van der Waals surface area contributed by atoms with Gasteiger partial charge in [-0.2, -0.15) is 0 Å². The molecule has 0 aromatic heterocycles. The molecule has 6 heteroatoms. The van der Waals surface area contributed by atoms with E-state index in [0.29, 0.717) is 18.8 Å². The van der Waals surface area contributed by atoms with E-state index in [-0.39, 0.29) is 36.0 Å². The van der Waals surface area contributed by atoms with Crippen molar-refractivity contribution in [2.75, 3.05) is 18.5 Å². The lowest BCUT2D eigenvalue weighted by atomic mass is 9.50. The van der Waals surface area contributed by atoms with E-state index in [4.69, 9.17) is 9.84 Å². The number of aliphatic hydroxyl groups excluding tert-OH is 1. The fourth-order valence-corrected chi connectivity index (χ4v) is 8.67. The molecule has 1 aromatic carbocycles. The van der Waals surface area contributed by atoms with Gasteiger partial charge in [0.1, 0.15) is 0 Å². The topological polar surface area (TPSA) is 92.7 Å². The van der Waals surface area contributed by atoms with E-state index in [1.807, 2.05) is 6.08 Å². The van der Waals surface area contributed by atoms with Gasteiger partial charge in [0.25, 0.3) is 0 Å². The number of hydrogen-bond acceptors (Lipinski definition) is 6. The van der Waals surface area contributed by atoms with Gasteiger partial charge >= 0.3 is 5.97 Å². The van der Waals surface area contributed by atoms with Gasteiger partial charge in [-0.15, -0.1) is 0 Å². The van der Waals surface area contributed by atoms with Crippen LogP contribution in [0.4, 0.5) is 5.69 Å². The Morgan fingerprint density at radius 3 is 2.48 bits per heavy atom. The molecule has 5 atom stereocenters. The molecule has 0 radical (unpaired) electrons. The fourth-order valence-electron chi connectivity index (χ4n) is 8.67. The Balaban J connectivity index is 1.49. The third-order valence-corrected chi connectivity index (χ3v) is 10.5. The van der Waals surface area contributed by atoms with Gasteiger partial charge in [0.05, 0.1) is 0 Å². The second kappa shape index (κ2) is 11.6. The number of hydrogen-bond donors (Lipinski definition) is 2. The van der Waals surface area contributed by atoms with Crippen molar-refractivity contribution in [1.82, 2.24) is 0 Å². The number of allylic oxidation sites excluding steroid dienone is 4. The van der Waals surface area contributed by atoms with E-state index in [1.54, 1.807) is 6.92 Å². The molecule has 40 heavy (non-hydrogen) atoms. The van der Waals surface area contributed by atoms with Crippen molar-refractivity contribution < 1.29 is 24.2 Å². The van der Waals surface area contributed by atoms with Crippen molar-refractivity contribution in [2.45, 2.75) is 103 Å². The second-order valence-corrected chi connectivity index (χ2v) is 12.7. The molecule has 5 rings (SSSR count). The zero-order valence-corrected chi connectivity index (χ0v) is 24.4. The summed E-state index contributed by atoms with van der Waals surface area (Å²) in [7, 11) is 0. The Kier molecular flexibility index (Phi) is 8.37. The lowest BCUT2D eigenvalue weighted by molar-refractivity contribution is -0.182. The highest BCUT2D eigenvalue weighted by Crippen LogP contribution is 2.67. The van der Waals surface area contributed by atoms with Crippen molar-refractivity contribution in [1.29, 1.82) is 0 Å². The molecule has 0 amide bonds. The van der Waals surface area contributed by atoms with Gasteiger partial charge in [-0.1, -0.05) is 37.5 Å². The molecule has 0 spiro atoms. The van der Waals surface area contributed by atoms with Crippen LogP contribution in [0.15, 0.2) is 47.1 Å². The van der Waals surface area contributed by atoms with E-state index in [0.717, 1.165) is 70.0 Å². The Morgan fingerprint density at radius 1 is 1.02 bits per heavy atom. The summed E-state index contributed by atoms with van der Waals surface area (Å²) in [6.45, 7) is 6.38. The molecule has 1 aromatic rings. The molecule has 4 aliphatic carbocycles. The minimum Gasteiger partial charge on any atom is -0.451 e. The number of carbonyl (C=O) groups is 3. The molecule has 2 fully saturated rings. The highest BCUT2D eigenvalue weighted by atomic mass is 16.6. The van der Waals surface area contributed by atoms with Crippen LogP contribution in [0.1, 0.15) is 103 Å². The number of benzene rings is 1. The summed E-state index contributed by atoms with van der Waals surface area (Å²) >= 11 is 0. The minimum atomic E-state index is -1.09. The maximum absolute atomic E-state index is 13.3. The van der Waals surface area contributed by atoms with E-state index >= 15 is 0 Å². The SMILES string of the molecule is CC(=O)O[C@]1(C(C)=O)CC[C@H]2[C@@H]3CCC4=CC(=O)CCC4=C3[C@@H](c3ccc(NCCCCCCO)cc3)C[C@@]21C. The van der Waals surface area contributed by atoms with Gasteiger partial charge in [0, 0.05) is 43.5 Å². The normalized spacial score (nSPS) is 31.1. The van der Waals surface area contributed by atoms with Gasteiger partial charge in [0.15, 0.2) is 17.2 Å². The number of esters is 1. The average molecular weight is 548 g/mol. The third kappa shape index (κ3) is 5.08. The van der Waals surface area contributed by atoms with E-state index in [2.05, 4.69) is 36.5 Å². The number of ketones is 2. The summed E-state index contributed by atoms with van der Waals surface area (Å²) in [6.07, 6.45) is 11.4. The van der Waals surface area contributed by atoms with E-state index in [9.17, 15) is 14.4 Å². The minimum absolute atomic E-state index is 0.0410. The van der Waals surface area contributed by atoms with Crippen molar-refractivity contribution in [3.8, 4) is 0 Å². The molecule has 0 heterocycles. The summed E-state index contributed by atoms with van der Waals surface area (Å²) in [5, 5.41) is 12.5. The third-order valence-electron chi connectivity index (χ3n) is 10.5. The van der Waals surface area contributed by atoms with Crippen LogP contribution >= 0.6 is 0 Å². The van der Waals surface area contributed by atoms with Crippen molar-refractivity contribution >= 4 is 23.2 Å². The predicted molar refractivity (Wildman–Crippen MR) is 156 cm³/mol. The zero-order chi connectivity index (χ0) is 28.5. The maximum atomic E-state index is 13.3. The number of anilines is 1. The number of Topliss-reactive ketones (excluding diaryl/α,β-unsaturated/α-hetero) is 1. The lowest BCUT2D eigenvalue weighted by Gasteiger charge is -2.55. The van der Waals surface area contributed by atoms with Gasteiger partial charge in [-0.05, 0) is 105 Å². The molecule has 2 saturated carbocycles. The molecular formula is C34H45NO5. The highest BCUT2D eigenvalue weighted by molar-refractivity contribution is 5.93. The largest absolute Gasteiger partial charge is 0.451 e. The van der Waals surface area contributed by atoms with Crippen molar-refractivity contribution in [3.63, 3.8) is 0 Å². The van der Waals surface area contributed by atoms with Crippen LogP contribution in [0.25, 0.3) is 0 Å². The summed E-state index contributed by atoms with van der Waals surface area (Å²) in [4.78, 5) is 38.0. The summed E-state index contributed by atoms with van der Waals surface area (Å²) in [5.41, 5.74) is 4.83. The molecule has 6 nitrogen and oxygen atoms in total. The summed E-state index contributed by atoms with van der Waals surface area (Å²) in [6, 6.07) is 8.74. The maximum Gasteiger partial charge on any atom is 0.303 e. The standard InChI is InChI=1S/C34H45NO5/c1-22(37)34(40-23(2)38)17-16-31-29-14-10-25-20-27(39)13-15-28(25)32(29)30(21-33(31,34)3)24-8-11-26(12-9-24)35-18-6-4-5-7-19-36/h8-9,11-12,20,29-31,35-36H,4-7,10,13-19,21H2,1-3H3/t29-,30+,31-,33-,34-/m0/s1. The number of rotatable bonds is 10. The van der Waals surface area contributed by atoms with Crippen LogP contribution < -0.4 is 5.32 Å². The molecule has 0 aliphatic heterocycles. The van der Waals surface area contributed by atoms with Crippen LogP contribution in [0.3, 0.4) is 0 Å². The smallest absolute Gasteiger partial charge is 0.303 e. The molecule has 2 N–H and O–H groups in total. The van der Waals surface area contributed by atoms with Crippen molar-refractivity contribution in [2.24, 2.45) is 17.3 Å². The molecule has 216 valence electrons. The number of aliphatic hydroxyl groups is 1. The zero-order valence-electron chi connectivity index (χ0n) is 24.4. The lowest BCUT2D eigenvalue weighted by Crippen LogP contribution is -2.57. The Bertz CT molecular complexity index is 1210. The number of nitrogens with one attached hydrogen (secondary N) is 1. The molecule has 0 bridgehead atoms. The quantitative estimate of drug-likeness (QED) is 0.259. The first-order valence-corrected chi connectivity index (χ1v) is 15.3. The first-order chi connectivity index (χ1) is 19.2. The predicted octanol–water partition coefficient (Wildman–Crippen LogP) is 6.44. The van der Waals surface area contributed by atoms with Crippen LogP contribution in [0.5, 0.6) is 0 Å². The van der Waals surface area contributed by atoms with Crippen LogP contribution in [-0.2, 0) is 19.1 Å². The number of fused-ring (bicyclic) bond motifs is 4. The average Bonchev–Trinajstić information content (AvgIpc) is 3.22. The number of carbonyl (C=O) groups excluding carboxylic acids is 3. The van der Waals surface area contributed by atoms with Gasteiger partial charge in [-0.3, -0.25) is 14.4 Å². The first-order valence-electron chi connectivity index (χ1n) is 15.3. The Hall–Kier alpha value is -2.73. The monoisotopic (exact) mass is 547 g/mol. The number of unbranched alkanes of at least 4 members (excludes halogenated alkanes) is 3. The highest BCUT2D eigenvalue weighted by Gasteiger charge is 2.67. The van der Waals surface area contributed by atoms with Crippen LogP contribution in [0.2, 0.25) is 0 Å². The molecular weight excluding hydrogens is 502 g/mol. The van der Waals surface area contributed by atoms with Gasteiger partial charge in [0.2, 0.25) is 0 Å². The van der Waals surface area contributed by atoms with Crippen LogP contribution in [0, 0.1) is 17.3 Å². The first kappa shape index (κ1) is 28.8. The van der Waals surface area contributed by atoms with Gasteiger partial charge in [-0.25, -0.2) is 0 Å². The Labute approximate surface area is 238 Å². The summed E-state index contributed by atoms with van der Waals surface area (Å²) < 4.78 is 6.03. The molecule has 4 aliphatic rings. The Morgan fingerprint density at radius 2 is 1.77 bits per heavy atom. The van der Waals surface area contributed by atoms with Crippen molar-refractivity contribution in [3.05, 3.63) is 52.6 Å². The van der Waals surface area contributed by atoms with E-state index in [1.165, 1.54) is 29.2 Å². The fraction of sp³-hybridized carbons (Fsp3) is 0.618. The molecule has 0 unspecified atom stereocenters.